The summed E-state index contributed by atoms with van der Waals surface area (Å²) in [4.78, 5) is 6.08. The van der Waals surface area contributed by atoms with Crippen LogP contribution in [0, 0.1) is 0 Å². The second kappa shape index (κ2) is 7.83. The van der Waals surface area contributed by atoms with Crippen molar-refractivity contribution in [2.45, 2.75) is 0 Å². The second-order valence-corrected chi connectivity index (χ2v) is 3.66. The van der Waals surface area contributed by atoms with Gasteiger partial charge < -0.3 is 21.3 Å². The van der Waals surface area contributed by atoms with Crippen molar-refractivity contribution < 1.29 is 10.2 Å². The summed E-state index contributed by atoms with van der Waals surface area (Å²) < 4.78 is 0. The lowest BCUT2D eigenvalue weighted by molar-refractivity contribution is 0.165. The van der Waals surface area contributed by atoms with Crippen LogP contribution in [0.25, 0.3) is 0 Å². The molecule has 6 nitrogen and oxygen atoms in total. The normalized spacial score (nSPS) is 10.8. The van der Waals surface area contributed by atoms with Gasteiger partial charge in [0, 0.05) is 26.2 Å². The van der Waals surface area contributed by atoms with Gasteiger partial charge in [0.05, 0.1) is 13.2 Å². The highest BCUT2D eigenvalue weighted by molar-refractivity contribution is 5.42. The number of nitrogen functional groups attached to an aromatic ring is 1. The van der Waals surface area contributed by atoms with Gasteiger partial charge in [-0.15, -0.1) is 0 Å². The van der Waals surface area contributed by atoms with Crippen LogP contribution in [0.15, 0.2) is 18.2 Å². The number of aliphatic hydroxyl groups excluding tert-OH is 2. The predicted molar refractivity (Wildman–Crippen MR) is 67.8 cm³/mol. The standard InChI is InChI=1S/C11H20N4O2/c12-10-2-1-3-11(14-10)13-4-5-15(6-8-16)7-9-17/h1-3,16-17H,4-9H2,(H3,12,13,14). The molecule has 17 heavy (non-hydrogen) atoms. The first kappa shape index (κ1) is 13.7. The van der Waals surface area contributed by atoms with E-state index in [4.69, 9.17) is 15.9 Å². The molecule has 0 aliphatic heterocycles. The monoisotopic (exact) mass is 240 g/mol. The molecule has 0 aromatic carbocycles. The van der Waals surface area contributed by atoms with Crippen LogP contribution >= 0.6 is 0 Å². The number of nitrogens with zero attached hydrogens (tertiary/aromatic N) is 2. The summed E-state index contributed by atoms with van der Waals surface area (Å²) in [5, 5.41) is 20.8. The van der Waals surface area contributed by atoms with Crippen molar-refractivity contribution in [2.75, 3.05) is 50.4 Å². The molecule has 0 bridgehead atoms. The summed E-state index contributed by atoms with van der Waals surface area (Å²) >= 11 is 0. The number of nitrogens with one attached hydrogen (secondary N) is 1. The largest absolute Gasteiger partial charge is 0.395 e. The van der Waals surface area contributed by atoms with Gasteiger partial charge >= 0.3 is 0 Å². The van der Waals surface area contributed by atoms with E-state index >= 15 is 0 Å². The van der Waals surface area contributed by atoms with Crippen LogP contribution in [0.3, 0.4) is 0 Å². The quantitative estimate of drug-likeness (QED) is 0.483. The summed E-state index contributed by atoms with van der Waals surface area (Å²) in [5.74, 6) is 1.22. The molecule has 6 heteroatoms. The SMILES string of the molecule is Nc1cccc(NCCN(CCO)CCO)n1. The molecule has 0 radical (unpaired) electrons. The first-order valence-corrected chi connectivity index (χ1v) is 5.66. The van der Waals surface area contributed by atoms with Crippen molar-refractivity contribution in [2.24, 2.45) is 0 Å². The molecule has 0 fully saturated rings. The van der Waals surface area contributed by atoms with Gasteiger partial charge in [0.1, 0.15) is 11.6 Å². The highest BCUT2D eigenvalue weighted by atomic mass is 16.3. The van der Waals surface area contributed by atoms with Crippen LogP contribution in [0.5, 0.6) is 0 Å². The van der Waals surface area contributed by atoms with Crippen molar-refractivity contribution in [1.29, 1.82) is 0 Å². The van der Waals surface area contributed by atoms with Crippen LogP contribution in [-0.4, -0.2) is 59.5 Å². The molecule has 0 aliphatic carbocycles. The van der Waals surface area contributed by atoms with Gasteiger partial charge in [-0.05, 0) is 12.1 Å². The first-order chi connectivity index (χ1) is 8.26. The third kappa shape index (κ3) is 5.48. The molecule has 0 unspecified atom stereocenters. The number of pyridine rings is 1. The van der Waals surface area contributed by atoms with E-state index in [1.165, 1.54) is 0 Å². The van der Waals surface area contributed by atoms with Crippen molar-refractivity contribution in [1.82, 2.24) is 9.88 Å². The molecule has 0 saturated carbocycles. The van der Waals surface area contributed by atoms with Crippen molar-refractivity contribution in [3.8, 4) is 0 Å². The van der Waals surface area contributed by atoms with Crippen molar-refractivity contribution in [3.63, 3.8) is 0 Å². The maximum atomic E-state index is 8.84. The zero-order chi connectivity index (χ0) is 12.5. The fourth-order valence-corrected chi connectivity index (χ4v) is 1.51. The van der Waals surface area contributed by atoms with Gasteiger partial charge in [-0.2, -0.15) is 0 Å². The topological polar surface area (TPSA) is 94.6 Å². The highest BCUT2D eigenvalue weighted by Crippen LogP contribution is 2.04. The van der Waals surface area contributed by atoms with Crippen LogP contribution in [0.1, 0.15) is 0 Å². The van der Waals surface area contributed by atoms with E-state index in [1.54, 1.807) is 6.07 Å². The highest BCUT2D eigenvalue weighted by Gasteiger charge is 2.02. The zero-order valence-corrected chi connectivity index (χ0v) is 9.84. The Labute approximate surface area is 101 Å². The Hall–Kier alpha value is -1.37. The third-order valence-electron chi connectivity index (χ3n) is 2.34. The molecule has 0 spiro atoms. The lowest BCUT2D eigenvalue weighted by Gasteiger charge is -2.20. The van der Waals surface area contributed by atoms with Crippen LogP contribution in [-0.2, 0) is 0 Å². The molecule has 0 amide bonds. The molecular weight excluding hydrogens is 220 g/mol. The van der Waals surface area contributed by atoms with E-state index in [0.717, 1.165) is 12.4 Å². The molecule has 0 atom stereocenters. The third-order valence-corrected chi connectivity index (χ3v) is 2.34. The molecule has 0 aliphatic rings. The summed E-state index contributed by atoms with van der Waals surface area (Å²) in [7, 11) is 0. The van der Waals surface area contributed by atoms with E-state index in [2.05, 4.69) is 10.3 Å². The lowest BCUT2D eigenvalue weighted by atomic mass is 10.4. The molecule has 96 valence electrons. The van der Waals surface area contributed by atoms with Gasteiger partial charge in [-0.3, -0.25) is 4.90 Å². The number of aromatic nitrogens is 1. The maximum Gasteiger partial charge on any atom is 0.128 e. The molecule has 1 heterocycles. The summed E-state index contributed by atoms with van der Waals surface area (Å²) in [5.41, 5.74) is 5.56. The minimum absolute atomic E-state index is 0.0938. The molecule has 1 aromatic rings. The second-order valence-electron chi connectivity index (χ2n) is 3.66. The Bertz CT molecular complexity index is 316. The number of aliphatic hydroxyl groups is 2. The Morgan fingerprint density at radius 2 is 1.88 bits per heavy atom. The van der Waals surface area contributed by atoms with Gasteiger partial charge in [-0.25, -0.2) is 4.98 Å². The van der Waals surface area contributed by atoms with Gasteiger partial charge in [-0.1, -0.05) is 6.07 Å². The molecule has 1 rings (SSSR count). The molecular formula is C11H20N4O2. The first-order valence-electron chi connectivity index (χ1n) is 5.66. The Balaban J connectivity index is 2.30. The minimum atomic E-state index is 0.0938. The van der Waals surface area contributed by atoms with Gasteiger partial charge in [0.2, 0.25) is 0 Å². The Morgan fingerprint density at radius 3 is 2.47 bits per heavy atom. The average Bonchev–Trinajstić information content (AvgIpc) is 2.30. The van der Waals surface area contributed by atoms with Crippen LogP contribution in [0.2, 0.25) is 0 Å². The van der Waals surface area contributed by atoms with Crippen LogP contribution in [0.4, 0.5) is 11.6 Å². The number of rotatable bonds is 8. The predicted octanol–water partition coefficient (Wildman–Crippen LogP) is -0.638. The summed E-state index contributed by atoms with van der Waals surface area (Å²) in [6, 6.07) is 5.41. The smallest absolute Gasteiger partial charge is 0.128 e. The number of hydrogen-bond donors (Lipinski definition) is 4. The van der Waals surface area contributed by atoms with E-state index in [-0.39, 0.29) is 13.2 Å². The minimum Gasteiger partial charge on any atom is -0.395 e. The maximum absolute atomic E-state index is 8.84. The van der Waals surface area contributed by atoms with E-state index in [0.29, 0.717) is 25.5 Å². The summed E-state index contributed by atoms with van der Waals surface area (Å²) in [6.07, 6.45) is 0. The Morgan fingerprint density at radius 1 is 1.18 bits per heavy atom. The molecule has 1 aromatic heterocycles. The van der Waals surface area contributed by atoms with Crippen molar-refractivity contribution in [3.05, 3.63) is 18.2 Å². The van der Waals surface area contributed by atoms with E-state index in [1.807, 2.05) is 17.0 Å². The van der Waals surface area contributed by atoms with E-state index in [9.17, 15) is 0 Å². The molecule has 5 N–H and O–H groups in total. The summed E-state index contributed by atoms with van der Waals surface area (Å²) in [6.45, 7) is 2.74. The number of anilines is 2. The fraction of sp³-hybridized carbons (Fsp3) is 0.545. The average molecular weight is 240 g/mol. The van der Waals surface area contributed by atoms with Crippen molar-refractivity contribution >= 4 is 11.6 Å². The van der Waals surface area contributed by atoms with E-state index < -0.39 is 0 Å². The fourth-order valence-electron chi connectivity index (χ4n) is 1.51. The zero-order valence-electron chi connectivity index (χ0n) is 9.84. The number of nitrogens with two attached hydrogens (primary N) is 1. The Kier molecular flexibility index (Phi) is 6.31. The lowest BCUT2D eigenvalue weighted by Crippen LogP contribution is -2.34. The van der Waals surface area contributed by atoms with Crippen LogP contribution < -0.4 is 11.1 Å². The van der Waals surface area contributed by atoms with Gasteiger partial charge in [0.25, 0.3) is 0 Å². The van der Waals surface area contributed by atoms with Gasteiger partial charge in [0.15, 0.2) is 0 Å². The number of hydrogen-bond acceptors (Lipinski definition) is 6. The molecule has 0 saturated heterocycles.